The van der Waals surface area contributed by atoms with E-state index in [1.165, 1.54) is 4.88 Å². The summed E-state index contributed by atoms with van der Waals surface area (Å²) >= 11 is 1.65. The Morgan fingerprint density at radius 1 is 1.58 bits per heavy atom. The first kappa shape index (κ1) is 14.1. The average molecular weight is 281 g/mol. The van der Waals surface area contributed by atoms with E-state index in [4.69, 9.17) is 0 Å². The highest BCUT2D eigenvalue weighted by atomic mass is 32.1. The summed E-state index contributed by atoms with van der Waals surface area (Å²) in [5, 5.41) is 11.2. The van der Waals surface area contributed by atoms with Gasteiger partial charge in [-0.3, -0.25) is 9.59 Å². The number of carboxylic acids is 1. The number of likely N-dealkylation sites (tertiary alicyclic amines) is 1. The standard InChI is InChI=1S/C14H19NO3S/c1-10(8-11-4-3-7-19-11)12(16)15-6-5-14(2,9-15)13(17)18/h3-4,7,10H,5-6,8-9H2,1-2H3,(H,17,18)/t10-,14-/m0/s1. The zero-order chi connectivity index (χ0) is 14.0. The third kappa shape index (κ3) is 2.97. The Morgan fingerprint density at radius 2 is 2.32 bits per heavy atom. The number of thiophene rings is 1. The van der Waals surface area contributed by atoms with E-state index in [9.17, 15) is 14.7 Å². The van der Waals surface area contributed by atoms with Crippen LogP contribution in [0.3, 0.4) is 0 Å². The number of rotatable bonds is 4. The van der Waals surface area contributed by atoms with Gasteiger partial charge >= 0.3 is 5.97 Å². The third-order valence-corrected chi connectivity index (χ3v) is 4.71. The fourth-order valence-electron chi connectivity index (χ4n) is 2.45. The van der Waals surface area contributed by atoms with Gasteiger partial charge < -0.3 is 10.0 Å². The largest absolute Gasteiger partial charge is 0.481 e. The molecule has 104 valence electrons. The van der Waals surface area contributed by atoms with Gasteiger partial charge in [-0.05, 0) is 31.2 Å². The Bertz CT molecular complexity index is 471. The second-order valence-electron chi connectivity index (χ2n) is 5.56. The maximum absolute atomic E-state index is 12.3. The van der Waals surface area contributed by atoms with Crippen LogP contribution in [0, 0.1) is 11.3 Å². The first-order valence-electron chi connectivity index (χ1n) is 6.47. The monoisotopic (exact) mass is 281 g/mol. The normalized spacial score (nSPS) is 24.4. The molecule has 0 spiro atoms. The van der Waals surface area contributed by atoms with Crippen LogP contribution in [0.1, 0.15) is 25.1 Å². The number of carboxylic acid groups (broad SMARTS) is 1. The zero-order valence-electron chi connectivity index (χ0n) is 11.3. The molecule has 1 aliphatic heterocycles. The number of aliphatic carboxylic acids is 1. The van der Waals surface area contributed by atoms with E-state index in [1.807, 2.05) is 24.4 Å². The SMILES string of the molecule is C[C@@H](Cc1cccs1)C(=O)N1CC[C@](C)(C(=O)O)C1. The van der Waals surface area contributed by atoms with Gasteiger partial charge in [-0.25, -0.2) is 0 Å². The number of carbonyl (C=O) groups is 2. The lowest BCUT2D eigenvalue weighted by Crippen LogP contribution is -2.37. The van der Waals surface area contributed by atoms with Gasteiger partial charge in [0.2, 0.25) is 5.91 Å². The maximum Gasteiger partial charge on any atom is 0.311 e. The molecule has 1 aliphatic rings. The van der Waals surface area contributed by atoms with Crippen molar-refractivity contribution in [3.05, 3.63) is 22.4 Å². The van der Waals surface area contributed by atoms with Crippen molar-refractivity contribution in [3.8, 4) is 0 Å². The summed E-state index contributed by atoms with van der Waals surface area (Å²) in [6.45, 7) is 4.51. The summed E-state index contributed by atoms with van der Waals surface area (Å²) in [6, 6.07) is 4.01. The van der Waals surface area contributed by atoms with Crippen LogP contribution in [0.4, 0.5) is 0 Å². The van der Waals surface area contributed by atoms with E-state index >= 15 is 0 Å². The molecule has 5 heteroatoms. The summed E-state index contributed by atoms with van der Waals surface area (Å²) in [4.78, 5) is 26.4. The van der Waals surface area contributed by atoms with Gasteiger partial charge in [0.05, 0.1) is 5.41 Å². The van der Waals surface area contributed by atoms with E-state index in [2.05, 4.69) is 0 Å². The molecule has 0 aliphatic carbocycles. The molecular formula is C14H19NO3S. The molecule has 1 aromatic heterocycles. The number of hydrogen-bond acceptors (Lipinski definition) is 3. The quantitative estimate of drug-likeness (QED) is 0.921. The van der Waals surface area contributed by atoms with Crippen LogP contribution >= 0.6 is 11.3 Å². The van der Waals surface area contributed by atoms with Gasteiger partial charge in [-0.15, -0.1) is 11.3 Å². The lowest BCUT2D eigenvalue weighted by molar-refractivity contribution is -0.147. The molecule has 0 radical (unpaired) electrons. The second kappa shape index (κ2) is 5.33. The van der Waals surface area contributed by atoms with Gasteiger partial charge in [0.25, 0.3) is 0 Å². The molecule has 2 atom stereocenters. The molecule has 2 rings (SSSR count). The van der Waals surface area contributed by atoms with Crippen molar-refractivity contribution in [1.82, 2.24) is 4.90 Å². The maximum atomic E-state index is 12.3. The molecule has 0 saturated carbocycles. The summed E-state index contributed by atoms with van der Waals surface area (Å²) in [6.07, 6.45) is 1.27. The van der Waals surface area contributed by atoms with Crippen molar-refractivity contribution in [1.29, 1.82) is 0 Å². The van der Waals surface area contributed by atoms with Crippen LogP contribution in [0.5, 0.6) is 0 Å². The molecule has 0 aromatic carbocycles. The molecule has 0 bridgehead atoms. The molecule has 1 N–H and O–H groups in total. The van der Waals surface area contributed by atoms with Crippen molar-refractivity contribution < 1.29 is 14.7 Å². The van der Waals surface area contributed by atoms with Crippen LogP contribution < -0.4 is 0 Å². The predicted octanol–water partition coefficient (Wildman–Crippen LogP) is 2.25. The van der Waals surface area contributed by atoms with Gasteiger partial charge in [0, 0.05) is 23.9 Å². The fraction of sp³-hybridized carbons (Fsp3) is 0.571. The molecular weight excluding hydrogens is 262 g/mol. The van der Waals surface area contributed by atoms with Gasteiger partial charge in [0.15, 0.2) is 0 Å². The minimum absolute atomic E-state index is 0.0679. The predicted molar refractivity (Wildman–Crippen MR) is 74.1 cm³/mol. The third-order valence-electron chi connectivity index (χ3n) is 3.81. The molecule has 1 saturated heterocycles. The fourth-order valence-corrected chi connectivity index (χ4v) is 3.29. The molecule has 19 heavy (non-hydrogen) atoms. The first-order chi connectivity index (χ1) is 8.92. The molecule has 1 fully saturated rings. The van der Waals surface area contributed by atoms with Crippen LogP contribution in [0.15, 0.2) is 17.5 Å². The summed E-state index contributed by atoms with van der Waals surface area (Å²) < 4.78 is 0. The summed E-state index contributed by atoms with van der Waals surface area (Å²) in [7, 11) is 0. The molecule has 1 aromatic rings. The Labute approximate surface area is 117 Å². The van der Waals surface area contributed by atoms with E-state index in [1.54, 1.807) is 23.2 Å². The Kier molecular flexibility index (Phi) is 3.94. The second-order valence-corrected chi connectivity index (χ2v) is 6.59. The number of hydrogen-bond donors (Lipinski definition) is 1. The molecule has 1 amide bonds. The first-order valence-corrected chi connectivity index (χ1v) is 7.35. The van der Waals surface area contributed by atoms with E-state index < -0.39 is 11.4 Å². The minimum Gasteiger partial charge on any atom is -0.481 e. The van der Waals surface area contributed by atoms with Crippen LogP contribution in [-0.2, 0) is 16.0 Å². The van der Waals surface area contributed by atoms with Gasteiger partial charge in [0.1, 0.15) is 0 Å². The van der Waals surface area contributed by atoms with Crippen LogP contribution in [0.2, 0.25) is 0 Å². The highest BCUT2D eigenvalue weighted by Gasteiger charge is 2.42. The van der Waals surface area contributed by atoms with Crippen molar-refractivity contribution >= 4 is 23.2 Å². The van der Waals surface area contributed by atoms with E-state index in [0.29, 0.717) is 19.5 Å². The van der Waals surface area contributed by atoms with Gasteiger partial charge in [-0.1, -0.05) is 13.0 Å². The van der Waals surface area contributed by atoms with E-state index in [0.717, 1.165) is 6.42 Å². The van der Waals surface area contributed by atoms with Crippen molar-refractivity contribution in [2.45, 2.75) is 26.7 Å². The Morgan fingerprint density at radius 3 is 2.84 bits per heavy atom. The smallest absolute Gasteiger partial charge is 0.311 e. The Hall–Kier alpha value is -1.36. The number of carbonyl (C=O) groups excluding carboxylic acids is 1. The average Bonchev–Trinajstić information content (AvgIpc) is 2.98. The zero-order valence-corrected chi connectivity index (χ0v) is 12.1. The number of amides is 1. The molecule has 4 nitrogen and oxygen atoms in total. The highest BCUT2D eigenvalue weighted by Crippen LogP contribution is 2.31. The summed E-state index contributed by atoms with van der Waals surface area (Å²) in [5.41, 5.74) is -0.779. The van der Waals surface area contributed by atoms with Crippen molar-refractivity contribution in [3.63, 3.8) is 0 Å². The number of nitrogens with zero attached hydrogens (tertiary/aromatic N) is 1. The van der Waals surface area contributed by atoms with Crippen LogP contribution in [0.25, 0.3) is 0 Å². The van der Waals surface area contributed by atoms with E-state index in [-0.39, 0.29) is 11.8 Å². The lowest BCUT2D eigenvalue weighted by atomic mass is 9.90. The minimum atomic E-state index is -0.811. The van der Waals surface area contributed by atoms with Crippen molar-refractivity contribution in [2.75, 3.05) is 13.1 Å². The highest BCUT2D eigenvalue weighted by molar-refractivity contribution is 7.09. The molecule has 2 heterocycles. The summed E-state index contributed by atoms with van der Waals surface area (Å²) in [5.74, 6) is -0.832. The lowest BCUT2D eigenvalue weighted by Gasteiger charge is -2.23. The topological polar surface area (TPSA) is 57.6 Å². The van der Waals surface area contributed by atoms with Crippen molar-refractivity contribution in [2.24, 2.45) is 11.3 Å². The van der Waals surface area contributed by atoms with Gasteiger partial charge in [-0.2, -0.15) is 0 Å². The molecule has 0 unspecified atom stereocenters. The van der Waals surface area contributed by atoms with Crippen LogP contribution in [-0.4, -0.2) is 35.0 Å². The Balaban J connectivity index is 1.96.